The normalized spacial score (nSPS) is 10.5. The van der Waals surface area contributed by atoms with Crippen molar-refractivity contribution in [2.24, 2.45) is 0 Å². The molecule has 0 radical (unpaired) electrons. The van der Waals surface area contributed by atoms with E-state index in [1.165, 1.54) is 11.1 Å². The van der Waals surface area contributed by atoms with Crippen molar-refractivity contribution >= 4 is 17.3 Å². The first-order valence-electron chi connectivity index (χ1n) is 4.58. The summed E-state index contributed by atoms with van der Waals surface area (Å²) in [7, 11) is 0. The van der Waals surface area contributed by atoms with Crippen LogP contribution in [0, 0.1) is 0 Å². The van der Waals surface area contributed by atoms with Crippen molar-refractivity contribution in [3.63, 3.8) is 0 Å². The van der Waals surface area contributed by atoms with Crippen molar-refractivity contribution in [3.8, 4) is 10.6 Å². The number of H-pyrrole nitrogens is 1. The van der Waals surface area contributed by atoms with Crippen molar-refractivity contribution in [3.05, 3.63) is 28.8 Å². The number of rotatable bonds is 3. The van der Waals surface area contributed by atoms with Gasteiger partial charge in [-0.05, 0) is 18.6 Å². The van der Waals surface area contributed by atoms with Gasteiger partial charge in [-0.25, -0.2) is 4.79 Å². The number of carboxylic acids is 1. The lowest BCUT2D eigenvalue weighted by molar-refractivity contribution is 0.0698. The minimum absolute atomic E-state index is 0.222. The molecule has 0 amide bonds. The Morgan fingerprint density at radius 3 is 3.00 bits per heavy atom. The summed E-state index contributed by atoms with van der Waals surface area (Å²) in [6.45, 7) is 2.07. The minimum Gasteiger partial charge on any atom is -0.478 e. The zero-order valence-corrected chi connectivity index (χ0v) is 8.97. The molecule has 15 heavy (non-hydrogen) atoms. The zero-order chi connectivity index (χ0) is 10.8. The van der Waals surface area contributed by atoms with Crippen LogP contribution in [0.5, 0.6) is 0 Å². The third kappa shape index (κ3) is 1.78. The average Bonchev–Trinajstić information content (AvgIpc) is 2.85. The third-order valence-electron chi connectivity index (χ3n) is 2.13. The number of carbonyl (C=O) groups is 1. The summed E-state index contributed by atoms with van der Waals surface area (Å²) >= 11 is 1.59. The predicted molar refractivity (Wildman–Crippen MR) is 58.2 cm³/mol. The van der Waals surface area contributed by atoms with E-state index in [1.807, 2.05) is 12.1 Å². The highest BCUT2D eigenvalue weighted by Gasteiger charge is 2.15. The van der Waals surface area contributed by atoms with Gasteiger partial charge in [0.25, 0.3) is 0 Å². The van der Waals surface area contributed by atoms with Crippen molar-refractivity contribution in [1.82, 2.24) is 10.2 Å². The lowest BCUT2D eigenvalue weighted by atomic mass is 10.2. The van der Waals surface area contributed by atoms with Crippen molar-refractivity contribution in [2.45, 2.75) is 13.3 Å². The molecule has 0 aromatic carbocycles. The summed E-state index contributed by atoms with van der Waals surface area (Å²) in [6.07, 6.45) is 2.30. The maximum absolute atomic E-state index is 10.9. The summed E-state index contributed by atoms with van der Waals surface area (Å²) < 4.78 is 0. The summed E-state index contributed by atoms with van der Waals surface area (Å²) in [5.74, 6) is -0.954. The van der Waals surface area contributed by atoms with Crippen molar-refractivity contribution < 1.29 is 9.90 Å². The van der Waals surface area contributed by atoms with Crippen LogP contribution in [0.1, 0.15) is 22.2 Å². The molecular formula is C10H10N2O2S. The highest BCUT2D eigenvalue weighted by atomic mass is 32.1. The number of nitrogens with zero attached hydrogens (tertiary/aromatic N) is 1. The van der Waals surface area contributed by atoms with Crippen LogP contribution in [0.25, 0.3) is 10.6 Å². The van der Waals surface area contributed by atoms with Gasteiger partial charge in [-0.3, -0.25) is 5.10 Å². The molecule has 0 saturated heterocycles. The van der Waals surface area contributed by atoms with Crippen molar-refractivity contribution in [2.75, 3.05) is 0 Å². The molecule has 2 rings (SSSR count). The van der Waals surface area contributed by atoms with Gasteiger partial charge in [-0.1, -0.05) is 6.92 Å². The van der Waals surface area contributed by atoms with E-state index < -0.39 is 5.97 Å². The summed E-state index contributed by atoms with van der Waals surface area (Å²) in [6, 6.07) is 3.93. The minimum atomic E-state index is -0.954. The second-order valence-corrected chi connectivity index (χ2v) is 4.25. The number of aromatic amines is 1. The largest absolute Gasteiger partial charge is 0.478 e. The third-order valence-corrected chi connectivity index (χ3v) is 3.37. The molecule has 2 heterocycles. The summed E-state index contributed by atoms with van der Waals surface area (Å²) in [4.78, 5) is 13.0. The van der Waals surface area contributed by atoms with E-state index in [2.05, 4.69) is 17.1 Å². The molecule has 2 aromatic rings. The van der Waals surface area contributed by atoms with E-state index in [4.69, 9.17) is 5.11 Å². The van der Waals surface area contributed by atoms with Crippen LogP contribution < -0.4 is 0 Å². The SMILES string of the molecule is CCc1ccc(-c2[nH]ncc2C(=O)O)s1. The van der Waals surface area contributed by atoms with Crippen LogP contribution in [0.15, 0.2) is 18.3 Å². The molecular weight excluding hydrogens is 212 g/mol. The highest BCUT2D eigenvalue weighted by Crippen LogP contribution is 2.29. The quantitative estimate of drug-likeness (QED) is 0.838. The maximum atomic E-state index is 10.9. The van der Waals surface area contributed by atoms with Gasteiger partial charge < -0.3 is 5.11 Å². The fourth-order valence-corrected chi connectivity index (χ4v) is 2.30. The van der Waals surface area contributed by atoms with Gasteiger partial charge in [0.1, 0.15) is 5.56 Å². The Balaban J connectivity index is 2.44. The fraction of sp³-hybridized carbons (Fsp3) is 0.200. The molecule has 0 atom stereocenters. The van der Waals surface area contributed by atoms with Crippen LogP contribution in [0.2, 0.25) is 0 Å². The number of aromatic carboxylic acids is 1. The molecule has 2 N–H and O–H groups in total. The lowest BCUT2D eigenvalue weighted by Gasteiger charge is -1.94. The highest BCUT2D eigenvalue weighted by molar-refractivity contribution is 7.15. The van der Waals surface area contributed by atoms with E-state index in [-0.39, 0.29) is 5.56 Å². The second-order valence-electron chi connectivity index (χ2n) is 3.08. The van der Waals surface area contributed by atoms with Crippen LogP contribution in [0.3, 0.4) is 0 Å². The number of nitrogens with one attached hydrogen (secondary N) is 1. The Morgan fingerprint density at radius 1 is 1.60 bits per heavy atom. The maximum Gasteiger partial charge on any atom is 0.339 e. The molecule has 0 fully saturated rings. The van der Waals surface area contributed by atoms with E-state index in [0.717, 1.165) is 11.3 Å². The monoisotopic (exact) mass is 222 g/mol. The van der Waals surface area contributed by atoms with Crippen LogP contribution in [-0.2, 0) is 6.42 Å². The number of aryl methyl sites for hydroxylation is 1. The Bertz CT molecular complexity index is 487. The number of aromatic nitrogens is 2. The Hall–Kier alpha value is -1.62. The topological polar surface area (TPSA) is 66.0 Å². The van der Waals surface area contributed by atoms with Gasteiger partial charge in [0, 0.05) is 4.88 Å². The van der Waals surface area contributed by atoms with Gasteiger partial charge in [-0.2, -0.15) is 5.10 Å². The lowest BCUT2D eigenvalue weighted by Crippen LogP contribution is -1.95. The van der Waals surface area contributed by atoms with Crippen LogP contribution in [0.4, 0.5) is 0 Å². The molecule has 4 nitrogen and oxygen atoms in total. The first-order valence-corrected chi connectivity index (χ1v) is 5.39. The van der Waals surface area contributed by atoms with Gasteiger partial charge in [0.15, 0.2) is 0 Å². The van der Waals surface area contributed by atoms with Gasteiger partial charge in [0.2, 0.25) is 0 Å². The average molecular weight is 222 g/mol. The van der Waals surface area contributed by atoms with Gasteiger partial charge in [0.05, 0.1) is 16.8 Å². The molecule has 0 spiro atoms. The molecule has 0 unspecified atom stereocenters. The zero-order valence-electron chi connectivity index (χ0n) is 8.15. The molecule has 78 valence electrons. The molecule has 2 aromatic heterocycles. The number of hydrogen-bond acceptors (Lipinski definition) is 3. The number of hydrogen-bond donors (Lipinski definition) is 2. The molecule has 0 aliphatic carbocycles. The van der Waals surface area contributed by atoms with Crippen LogP contribution in [-0.4, -0.2) is 21.3 Å². The Kier molecular flexibility index (Phi) is 2.55. The smallest absolute Gasteiger partial charge is 0.339 e. The van der Waals surface area contributed by atoms with Gasteiger partial charge >= 0.3 is 5.97 Å². The second kappa shape index (κ2) is 3.86. The first kappa shape index (κ1) is 9.92. The molecule has 0 aliphatic heterocycles. The van der Waals surface area contributed by atoms with E-state index in [9.17, 15) is 4.79 Å². The van der Waals surface area contributed by atoms with Crippen molar-refractivity contribution in [1.29, 1.82) is 0 Å². The summed E-state index contributed by atoms with van der Waals surface area (Å²) in [5, 5.41) is 15.4. The predicted octanol–water partition coefficient (Wildman–Crippen LogP) is 2.40. The van der Waals surface area contributed by atoms with Crippen LogP contribution >= 0.6 is 11.3 Å². The van der Waals surface area contributed by atoms with E-state index >= 15 is 0 Å². The standard InChI is InChI=1S/C10H10N2O2S/c1-2-6-3-4-8(15-6)9-7(10(13)14)5-11-12-9/h3-5H,2H2,1H3,(H,11,12)(H,13,14). The Labute approximate surface area is 90.6 Å². The first-order chi connectivity index (χ1) is 7.22. The Morgan fingerprint density at radius 2 is 2.40 bits per heavy atom. The fourth-order valence-electron chi connectivity index (χ4n) is 1.34. The number of thiophene rings is 1. The molecule has 0 saturated carbocycles. The summed E-state index contributed by atoms with van der Waals surface area (Å²) in [5.41, 5.74) is 0.812. The van der Waals surface area contributed by atoms with E-state index in [0.29, 0.717) is 5.69 Å². The molecule has 0 bridgehead atoms. The molecule has 5 heteroatoms. The molecule has 0 aliphatic rings. The van der Waals surface area contributed by atoms with E-state index in [1.54, 1.807) is 11.3 Å². The van der Waals surface area contributed by atoms with Gasteiger partial charge in [-0.15, -0.1) is 11.3 Å². The number of carboxylic acid groups (broad SMARTS) is 1.